The van der Waals surface area contributed by atoms with E-state index in [1.807, 2.05) is 20.8 Å². The molecule has 0 bridgehead atoms. The number of carbonyl (C=O) groups is 1. The third-order valence-electron chi connectivity index (χ3n) is 2.06. The van der Waals surface area contributed by atoms with Gasteiger partial charge in [0, 0.05) is 6.42 Å². The number of ether oxygens (including phenoxy) is 1. The van der Waals surface area contributed by atoms with Gasteiger partial charge in [-0.25, -0.2) is 4.79 Å². The summed E-state index contributed by atoms with van der Waals surface area (Å²) in [6, 6.07) is 0. The number of aliphatic hydroxyl groups is 1. The van der Waals surface area contributed by atoms with Crippen LogP contribution in [0.5, 0.6) is 0 Å². The lowest BCUT2D eigenvalue weighted by atomic mass is 9.84. The van der Waals surface area contributed by atoms with Gasteiger partial charge in [-0.05, 0) is 12.3 Å². The summed E-state index contributed by atoms with van der Waals surface area (Å²) >= 11 is 0. The van der Waals surface area contributed by atoms with Gasteiger partial charge in [-0.3, -0.25) is 0 Å². The molecule has 0 rings (SSSR count). The van der Waals surface area contributed by atoms with Crippen LogP contribution in [-0.4, -0.2) is 23.8 Å². The van der Waals surface area contributed by atoms with E-state index in [2.05, 4.69) is 11.3 Å². The minimum atomic E-state index is -1.08. The van der Waals surface area contributed by atoms with Crippen molar-refractivity contribution in [3.8, 4) is 0 Å². The monoisotopic (exact) mass is 200 g/mol. The predicted molar refractivity (Wildman–Crippen MR) is 55.9 cm³/mol. The summed E-state index contributed by atoms with van der Waals surface area (Å²) in [7, 11) is 0. The SMILES string of the molecule is C=C(C[C@@H](O)C(=O)OCC)C(C)(C)C. The van der Waals surface area contributed by atoms with Crippen LogP contribution in [-0.2, 0) is 9.53 Å². The van der Waals surface area contributed by atoms with Crippen molar-refractivity contribution in [1.29, 1.82) is 0 Å². The van der Waals surface area contributed by atoms with Crippen LogP contribution in [0.15, 0.2) is 12.2 Å². The number of carbonyl (C=O) groups excluding carboxylic acids is 1. The molecule has 0 aromatic heterocycles. The van der Waals surface area contributed by atoms with E-state index in [0.29, 0.717) is 0 Å². The zero-order valence-corrected chi connectivity index (χ0v) is 9.46. The normalized spacial score (nSPS) is 13.5. The van der Waals surface area contributed by atoms with Gasteiger partial charge in [0.15, 0.2) is 6.10 Å². The van der Waals surface area contributed by atoms with Crippen molar-refractivity contribution >= 4 is 5.97 Å². The van der Waals surface area contributed by atoms with Gasteiger partial charge in [0.25, 0.3) is 0 Å². The van der Waals surface area contributed by atoms with Crippen LogP contribution in [0.1, 0.15) is 34.1 Å². The summed E-state index contributed by atoms with van der Waals surface area (Å²) in [5, 5.41) is 9.45. The lowest BCUT2D eigenvalue weighted by molar-refractivity contribution is -0.152. The van der Waals surface area contributed by atoms with Crippen molar-refractivity contribution in [3.05, 3.63) is 12.2 Å². The summed E-state index contributed by atoms with van der Waals surface area (Å²) < 4.78 is 4.69. The second kappa shape index (κ2) is 5.15. The Bertz CT molecular complexity index is 213. The van der Waals surface area contributed by atoms with Crippen LogP contribution in [0.4, 0.5) is 0 Å². The average Bonchev–Trinajstić information content (AvgIpc) is 2.02. The second-order valence-corrected chi connectivity index (χ2v) is 4.33. The molecule has 0 radical (unpaired) electrons. The molecule has 0 aliphatic rings. The highest BCUT2D eigenvalue weighted by Gasteiger charge is 2.22. The minimum Gasteiger partial charge on any atom is -0.464 e. The Morgan fingerprint density at radius 2 is 2.00 bits per heavy atom. The molecule has 82 valence electrons. The summed E-state index contributed by atoms with van der Waals surface area (Å²) in [5.74, 6) is -0.571. The van der Waals surface area contributed by atoms with Crippen molar-refractivity contribution in [2.75, 3.05) is 6.61 Å². The van der Waals surface area contributed by atoms with E-state index < -0.39 is 12.1 Å². The highest BCUT2D eigenvalue weighted by molar-refractivity contribution is 5.74. The van der Waals surface area contributed by atoms with E-state index >= 15 is 0 Å². The zero-order chi connectivity index (χ0) is 11.4. The Morgan fingerprint density at radius 1 is 1.50 bits per heavy atom. The first-order valence-corrected chi connectivity index (χ1v) is 4.82. The standard InChI is InChI=1S/C11H20O3/c1-6-14-10(13)9(12)7-8(2)11(3,4)5/h9,12H,2,6-7H2,1,3-5H3/t9-/m1/s1. The first-order valence-electron chi connectivity index (χ1n) is 4.82. The molecule has 3 nitrogen and oxygen atoms in total. The topological polar surface area (TPSA) is 46.5 Å². The molecule has 0 unspecified atom stereocenters. The molecule has 0 saturated heterocycles. The van der Waals surface area contributed by atoms with E-state index in [1.54, 1.807) is 6.92 Å². The van der Waals surface area contributed by atoms with E-state index in [9.17, 15) is 9.90 Å². The lowest BCUT2D eigenvalue weighted by Crippen LogP contribution is -2.25. The first-order chi connectivity index (χ1) is 6.29. The maximum Gasteiger partial charge on any atom is 0.335 e. The highest BCUT2D eigenvalue weighted by atomic mass is 16.5. The van der Waals surface area contributed by atoms with E-state index in [0.717, 1.165) is 5.57 Å². The smallest absolute Gasteiger partial charge is 0.335 e. The van der Waals surface area contributed by atoms with Crippen molar-refractivity contribution in [2.45, 2.75) is 40.2 Å². The molecule has 0 heterocycles. The summed E-state index contributed by atoms with van der Waals surface area (Å²) in [5.41, 5.74) is 0.756. The van der Waals surface area contributed by atoms with Gasteiger partial charge in [0.05, 0.1) is 6.61 Å². The molecule has 0 aliphatic heterocycles. The van der Waals surface area contributed by atoms with Crippen LogP contribution in [0.3, 0.4) is 0 Å². The fourth-order valence-corrected chi connectivity index (χ4v) is 0.861. The molecular weight excluding hydrogens is 180 g/mol. The van der Waals surface area contributed by atoms with Gasteiger partial charge >= 0.3 is 5.97 Å². The number of hydrogen-bond donors (Lipinski definition) is 1. The molecule has 1 atom stereocenters. The third-order valence-corrected chi connectivity index (χ3v) is 2.06. The molecule has 0 aromatic rings. The van der Waals surface area contributed by atoms with Crippen molar-refractivity contribution in [2.24, 2.45) is 5.41 Å². The first kappa shape index (κ1) is 13.2. The summed E-state index contributed by atoms with van der Waals surface area (Å²) in [6.45, 7) is 11.8. The second-order valence-electron chi connectivity index (χ2n) is 4.33. The van der Waals surface area contributed by atoms with Gasteiger partial charge in [-0.1, -0.05) is 32.9 Å². The van der Waals surface area contributed by atoms with Crippen molar-refractivity contribution < 1.29 is 14.6 Å². The Hall–Kier alpha value is -0.830. The van der Waals surface area contributed by atoms with Crippen molar-refractivity contribution in [3.63, 3.8) is 0 Å². The molecule has 0 saturated carbocycles. The number of rotatable bonds is 4. The molecule has 0 amide bonds. The molecule has 0 fully saturated rings. The Labute approximate surface area is 85.8 Å². The molecule has 3 heteroatoms. The quantitative estimate of drug-likeness (QED) is 0.557. The van der Waals surface area contributed by atoms with E-state index in [1.165, 1.54) is 0 Å². The molecule has 0 spiro atoms. The Morgan fingerprint density at radius 3 is 2.36 bits per heavy atom. The average molecular weight is 200 g/mol. The Kier molecular flexibility index (Phi) is 4.85. The maximum absolute atomic E-state index is 11.1. The fraction of sp³-hybridized carbons (Fsp3) is 0.727. The number of aliphatic hydroxyl groups excluding tert-OH is 1. The summed E-state index contributed by atoms with van der Waals surface area (Å²) in [4.78, 5) is 11.1. The highest BCUT2D eigenvalue weighted by Crippen LogP contribution is 2.27. The summed E-state index contributed by atoms with van der Waals surface area (Å²) in [6.07, 6.45) is -0.816. The van der Waals surface area contributed by atoms with Crippen LogP contribution in [0.25, 0.3) is 0 Å². The maximum atomic E-state index is 11.1. The van der Waals surface area contributed by atoms with Crippen molar-refractivity contribution in [1.82, 2.24) is 0 Å². The number of esters is 1. The number of hydrogen-bond acceptors (Lipinski definition) is 3. The van der Waals surface area contributed by atoms with Crippen LogP contribution < -0.4 is 0 Å². The molecular formula is C11H20O3. The molecule has 1 N–H and O–H groups in total. The van der Waals surface area contributed by atoms with Gasteiger partial charge in [0.2, 0.25) is 0 Å². The van der Waals surface area contributed by atoms with Gasteiger partial charge < -0.3 is 9.84 Å². The zero-order valence-electron chi connectivity index (χ0n) is 9.46. The molecule has 0 aliphatic carbocycles. The third kappa shape index (κ3) is 4.42. The minimum absolute atomic E-state index is 0.0898. The van der Waals surface area contributed by atoms with Gasteiger partial charge in [-0.15, -0.1) is 0 Å². The van der Waals surface area contributed by atoms with Gasteiger partial charge in [-0.2, -0.15) is 0 Å². The van der Waals surface area contributed by atoms with Gasteiger partial charge in [0.1, 0.15) is 0 Å². The van der Waals surface area contributed by atoms with Crippen LogP contribution >= 0.6 is 0 Å². The van der Waals surface area contributed by atoms with Crippen LogP contribution in [0.2, 0.25) is 0 Å². The molecule has 0 aromatic carbocycles. The largest absolute Gasteiger partial charge is 0.464 e. The lowest BCUT2D eigenvalue weighted by Gasteiger charge is -2.23. The van der Waals surface area contributed by atoms with E-state index in [4.69, 9.17) is 0 Å². The van der Waals surface area contributed by atoms with Crippen LogP contribution in [0, 0.1) is 5.41 Å². The van der Waals surface area contributed by atoms with E-state index in [-0.39, 0.29) is 18.4 Å². The predicted octanol–water partition coefficient (Wildman–Crippen LogP) is 1.90. The molecule has 14 heavy (non-hydrogen) atoms. The fourth-order valence-electron chi connectivity index (χ4n) is 0.861. The Balaban J connectivity index is 4.13.